The number of fused-ring (bicyclic) bond motifs is 1. The smallest absolute Gasteiger partial charge is 0.257 e. The molecule has 2 amide bonds. The lowest BCUT2D eigenvalue weighted by atomic mass is 9.99. The lowest BCUT2D eigenvalue weighted by molar-refractivity contribution is 0.0719. The summed E-state index contributed by atoms with van der Waals surface area (Å²) in [6, 6.07) is 9.24. The minimum atomic E-state index is -0.639. The fraction of sp³-hybridized carbons (Fsp3) is 0.370. The van der Waals surface area contributed by atoms with Crippen LogP contribution in [0.15, 0.2) is 42.6 Å². The number of anilines is 1. The molecule has 0 aliphatic carbocycles. The van der Waals surface area contributed by atoms with Gasteiger partial charge in [0.15, 0.2) is 5.82 Å². The van der Waals surface area contributed by atoms with Gasteiger partial charge in [-0.2, -0.15) is 5.10 Å². The van der Waals surface area contributed by atoms with Crippen LogP contribution in [0.25, 0.3) is 0 Å². The van der Waals surface area contributed by atoms with E-state index in [0.29, 0.717) is 42.4 Å². The molecule has 0 spiro atoms. The second-order valence-corrected chi connectivity index (χ2v) is 9.91. The maximum absolute atomic E-state index is 15.0. The topological polar surface area (TPSA) is 85.7 Å². The summed E-state index contributed by atoms with van der Waals surface area (Å²) in [6.07, 6.45) is 5.24. The Morgan fingerprint density at radius 1 is 1.11 bits per heavy atom. The minimum absolute atomic E-state index is 0.0300. The highest BCUT2D eigenvalue weighted by Crippen LogP contribution is 2.43. The summed E-state index contributed by atoms with van der Waals surface area (Å²) < 4.78 is 28.7. The Morgan fingerprint density at radius 3 is 2.58 bits per heavy atom. The van der Waals surface area contributed by atoms with Crippen molar-refractivity contribution in [2.75, 3.05) is 18.4 Å². The molecule has 0 saturated carbocycles. The molecule has 1 saturated heterocycles. The Labute approximate surface area is 209 Å². The molecule has 5 rings (SSSR count). The molecule has 2 aliphatic rings. The van der Waals surface area contributed by atoms with E-state index in [1.807, 2.05) is 13.8 Å². The third kappa shape index (κ3) is 4.91. The van der Waals surface area contributed by atoms with Gasteiger partial charge in [-0.05, 0) is 57.4 Å². The summed E-state index contributed by atoms with van der Waals surface area (Å²) in [4.78, 5) is 27.4. The minimum Gasteiger partial charge on any atom is -0.487 e. The summed E-state index contributed by atoms with van der Waals surface area (Å²) in [5.74, 6) is 0.283. The highest BCUT2D eigenvalue weighted by molar-refractivity contribution is 6.04. The number of carbonyl (C=O) groups is 2. The molecular formula is C27H29FN4O4. The Hall–Kier alpha value is -3.88. The van der Waals surface area contributed by atoms with E-state index in [0.717, 1.165) is 24.8 Å². The molecule has 188 valence electrons. The van der Waals surface area contributed by atoms with Crippen LogP contribution < -0.4 is 14.8 Å². The maximum atomic E-state index is 15.0. The Morgan fingerprint density at radius 2 is 1.89 bits per heavy atom. The molecule has 2 aromatic carbocycles. The van der Waals surface area contributed by atoms with Gasteiger partial charge in [-0.3, -0.25) is 14.3 Å². The summed E-state index contributed by atoms with van der Waals surface area (Å²) in [6.45, 7) is 5.19. The van der Waals surface area contributed by atoms with E-state index in [-0.39, 0.29) is 23.1 Å². The average Bonchev–Trinajstić information content (AvgIpc) is 3.39. The molecule has 3 heterocycles. The van der Waals surface area contributed by atoms with Gasteiger partial charge in [0.05, 0.1) is 5.56 Å². The molecule has 36 heavy (non-hydrogen) atoms. The lowest BCUT2D eigenvalue weighted by Crippen LogP contribution is -2.36. The van der Waals surface area contributed by atoms with Crippen LogP contribution >= 0.6 is 0 Å². The van der Waals surface area contributed by atoms with Crippen molar-refractivity contribution >= 4 is 17.6 Å². The standard InChI is InChI=1S/C27H29FN4O4/c1-27(2)16-20-22(13-17(14-23(20)36-27)25(33)29-24-9-12-31(3)30-24)35-18-7-8-19(21(28)15-18)26(34)32-10-5-4-6-11-32/h7-9,12-15H,4-6,10-11,16H2,1-3H3,(H,29,30,33). The first-order valence-corrected chi connectivity index (χ1v) is 12.1. The zero-order chi connectivity index (χ0) is 25.4. The quantitative estimate of drug-likeness (QED) is 0.545. The third-order valence-electron chi connectivity index (χ3n) is 6.42. The largest absolute Gasteiger partial charge is 0.487 e. The van der Waals surface area contributed by atoms with Gasteiger partial charge in [0.25, 0.3) is 11.8 Å². The Bertz CT molecular complexity index is 1330. The number of benzene rings is 2. The van der Waals surface area contributed by atoms with E-state index in [4.69, 9.17) is 9.47 Å². The van der Waals surface area contributed by atoms with E-state index in [1.165, 1.54) is 12.1 Å². The van der Waals surface area contributed by atoms with Crippen LogP contribution in [-0.2, 0) is 13.5 Å². The molecule has 3 aromatic rings. The van der Waals surface area contributed by atoms with Gasteiger partial charge in [0, 0.05) is 56.0 Å². The van der Waals surface area contributed by atoms with E-state index in [2.05, 4.69) is 10.4 Å². The molecular weight excluding hydrogens is 463 g/mol. The van der Waals surface area contributed by atoms with E-state index >= 15 is 0 Å². The molecule has 8 nitrogen and oxygen atoms in total. The zero-order valence-corrected chi connectivity index (χ0v) is 20.6. The van der Waals surface area contributed by atoms with Crippen molar-refractivity contribution in [3.05, 3.63) is 65.1 Å². The van der Waals surface area contributed by atoms with Gasteiger partial charge < -0.3 is 19.7 Å². The first-order chi connectivity index (χ1) is 17.2. The number of nitrogens with one attached hydrogen (secondary N) is 1. The Kier molecular flexibility index (Phi) is 6.15. The Balaban J connectivity index is 1.42. The van der Waals surface area contributed by atoms with Crippen molar-refractivity contribution in [1.29, 1.82) is 0 Å². The number of likely N-dealkylation sites (tertiary alicyclic amines) is 1. The highest BCUT2D eigenvalue weighted by atomic mass is 19.1. The molecule has 1 fully saturated rings. The van der Waals surface area contributed by atoms with Crippen molar-refractivity contribution in [1.82, 2.24) is 14.7 Å². The van der Waals surface area contributed by atoms with Gasteiger partial charge in [0.2, 0.25) is 0 Å². The SMILES string of the molecule is Cn1ccc(NC(=O)c2cc(Oc3ccc(C(=O)N4CCCCC4)c(F)c3)c3c(c2)OC(C)(C)C3)n1. The number of ether oxygens (including phenoxy) is 2. The van der Waals surface area contributed by atoms with Gasteiger partial charge in [-0.25, -0.2) is 4.39 Å². The van der Waals surface area contributed by atoms with Crippen LogP contribution in [0.2, 0.25) is 0 Å². The number of nitrogens with zero attached hydrogens (tertiary/aromatic N) is 3. The number of rotatable bonds is 5. The number of aromatic nitrogens is 2. The van der Waals surface area contributed by atoms with Gasteiger partial charge in [-0.1, -0.05) is 0 Å². The fourth-order valence-electron chi connectivity index (χ4n) is 4.66. The van der Waals surface area contributed by atoms with Crippen molar-refractivity contribution in [2.45, 2.75) is 45.1 Å². The van der Waals surface area contributed by atoms with Crippen LogP contribution in [0.3, 0.4) is 0 Å². The number of amides is 2. The van der Waals surface area contributed by atoms with E-state index in [1.54, 1.807) is 47.1 Å². The van der Waals surface area contributed by atoms with Gasteiger partial charge in [0.1, 0.15) is 28.7 Å². The second-order valence-electron chi connectivity index (χ2n) is 9.91. The first kappa shape index (κ1) is 23.8. The van der Waals surface area contributed by atoms with Crippen LogP contribution in [0.1, 0.15) is 59.4 Å². The van der Waals surface area contributed by atoms with E-state index in [9.17, 15) is 14.0 Å². The normalized spacial score (nSPS) is 16.3. The number of hydrogen-bond acceptors (Lipinski definition) is 5. The number of carbonyl (C=O) groups excluding carboxylic acids is 2. The average molecular weight is 493 g/mol. The van der Waals surface area contributed by atoms with Crippen LogP contribution in [0, 0.1) is 5.82 Å². The third-order valence-corrected chi connectivity index (χ3v) is 6.42. The lowest BCUT2D eigenvalue weighted by Gasteiger charge is -2.26. The number of aryl methyl sites for hydroxylation is 1. The van der Waals surface area contributed by atoms with Gasteiger partial charge >= 0.3 is 0 Å². The molecule has 0 unspecified atom stereocenters. The van der Waals surface area contributed by atoms with Crippen molar-refractivity contribution in [3.8, 4) is 17.2 Å². The van der Waals surface area contributed by atoms with Crippen LogP contribution in [0.4, 0.5) is 10.2 Å². The van der Waals surface area contributed by atoms with Crippen molar-refractivity contribution in [3.63, 3.8) is 0 Å². The number of halogens is 1. The molecule has 0 radical (unpaired) electrons. The van der Waals surface area contributed by atoms with E-state index < -0.39 is 11.4 Å². The summed E-state index contributed by atoms with van der Waals surface area (Å²) >= 11 is 0. The van der Waals surface area contributed by atoms with Gasteiger partial charge in [-0.15, -0.1) is 0 Å². The molecule has 1 N–H and O–H groups in total. The summed E-state index contributed by atoms with van der Waals surface area (Å²) in [5.41, 5.74) is 0.669. The monoisotopic (exact) mass is 492 g/mol. The molecule has 1 aromatic heterocycles. The van der Waals surface area contributed by atoms with Crippen LogP contribution in [-0.4, -0.2) is 45.2 Å². The molecule has 9 heteroatoms. The predicted molar refractivity (Wildman–Crippen MR) is 132 cm³/mol. The molecule has 2 aliphatic heterocycles. The van der Waals surface area contributed by atoms with Crippen LogP contribution in [0.5, 0.6) is 17.2 Å². The first-order valence-electron chi connectivity index (χ1n) is 12.1. The van der Waals surface area contributed by atoms with Crippen molar-refractivity contribution < 1.29 is 23.5 Å². The zero-order valence-electron chi connectivity index (χ0n) is 20.6. The maximum Gasteiger partial charge on any atom is 0.257 e. The number of hydrogen-bond donors (Lipinski definition) is 1. The summed E-state index contributed by atoms with van der Waals surface area (Å²) in [5, 5.41) is 6.94. The van der Waals surface area contributed by atoms with Crippen molar-refractivity contribution in [2.24, 2.45) is 7.05 Å². The highest BCUT2D eigenvalue weighted by Gasteiger charge is 2.34. The molecule has 0 bridgehead atoms. The molecule has 0 atom stereocenters. The number of piperidine rings is 1. The summed E-state index contributed by atoms with van der Waals surface area (Å²) in [7, 11) is 1.76. The second kappa shape index (κ2) is 9.29. The predicted octanol–water partition coefficient (Wildman–Crippen LogP) is 4.94. The fourth-order valence-corrected chi connectivity index (χ4v) is 4.66.